The Hall–Kier alpha value is -0.990. The lowest BCUT2D eigenvalue weighted by Crippen LogP contribution is -2.14. The monoisotopic (exact) mass is 127 g/mol. The van der Waals surface area contributed by atoms with Gasteiger partial charge in [0.15, 0.2) is 0 Å². The lowest BCUT2D eigenvalue weighted by atomic mass is 10.5. The summed E-state index contributed by atoms with van der Waals surface area (Å²) in [5, 5.41) is 0. The Balaban J connectivity index is 2.25. The predicted octanol–water partition coefficient (Wildman–Crippen LogP) is 0.164. The third kappa shape index (κ3) is 1.76. The second-order valence-electron chi connectivity index (χ2n) is 2.13. The molecular formula is C6H9NO2. The van der Waals surface area contributed by atoms with Crippen molar-refractivity contribution >= 4 is 5.97 Å². The van der Waals surface area contributed by atoms with Gasteiger partial charge in [0, 0.05) is 0 Å². The van der Waals surface area contributed by atoms with Crippen LogP contribution in [0.5, 0.6) is 0 Å². The van der Waals surface area contributed by atoms with Crippen LogP contribution in [0.3, 0.4) is 0 Å². The van der Waals surface area contributed by atoms with E-state index in [0.717, 1.165) is 12.8 Å². The zero-order valence-electron chi connectivity index (χ0n) is 5.09. The first kappa shape index (κ1) is 6.13. The van der Waals surface area contributed by atoms with Crippen LogP contribution < -0.4 is 5.73 Å². The van der Waals surface area contributed by atoms with Crippen molar-refractivity contribution in [3.63, 3.8) is 0 Å². The van der Waals surface area contributed by atoms with Gasteiger partial charge in [-0.15, -0.1) is 0 Å². The highest BCUT2D eigenvalue weighted by atomic mass is 16.5. The lowest BCUT2D eigenvalue weighted by molar-refractivity contribution is -0.140. The van der Waals surface area contributed by atoms with Crippen molar-refractivity contribution in [1.29, 1.82) is 0 Å². The summed E-state index contributed by atoms with van der Waals surface area (Å²) in [7, 11) is 0. The second kappa shape index (κ2) is 2.09. The molecule has 1 rings (SSSR count). The summed E-state index contributed by atoms with van der Waals surface area (Å²) in [4.78, 5) is 10.5. The number of esters is 1. The van der Waals surface area contributed by atoms with Gasteiger partial charge in [-0.1, -0.05) is 6.58 Å². The van der Waals surface area contributed by atoms with Crippen molar-refractivity contribution in [3.05, 3.63) is 12.3 Å². The Kier molecular flexibility index (Phi) is 1.42. The van der Waals surface area contributed by atoms with Crippen LogP contribution in [0.2, 0.25) is 0 Å². The van der Waals surface area contributed by atoms with Crippen LogP contribution in [-0.4, -0.2) is 12.1 Å². The molecule has 0 unspecified atom stereocenters. The molecule has 0 heterocycles. The minimum Gasteiger partial charge on any atom is -0.458 e. The van der Waals surface area contributed by atoms with Crippen LogP contribution >= 0.6 is 0 Å². The Bertz CT molecular complexity index is 149. The molecule has 0 saturated heterocycles. The van der Waals surface area contributed by atoms with E-state index in [9.17, 15) is 4.79 Å². The van der Waals surface area contributed by atoms with Gasteiger partial charge in [0.1, 0.15) is 11.8 Å². The van der Waals surface area contributed by atoms with Crippen LogP contribution in [0.1, 0.15) is 12.8 Å². The van der Waals surface area contributed by atoms with Gasteiger partial charge in [-0.3, -0.25) is 0 Å². The highest BCUT2D eigenvalue weighted by molar-refractivity contribution is 5.86. The maximum Gasteiger partial charge on any atom is 0.353 e. The van der Waals surface area contributed by atoms with Crippen LogP contribution in [0.25, 0.3) is 0 Å². The average Bonchev–Trinajstić information content (AvgIpc) is 2.50. The highest BCUT2D eigenvalue weighted by Crippen LogP contribution is 2.23. The molecule has 0 aliphatic heterocycles. The van der Waals surface area contributed by atoms with E-state index >= 15 is 0 Å². The predicted molar refractivity (Wildman–Crippen MR) is 32.4 cm³/mol. The SMILES string of the molecule is C=C(N)C(=O)OC1CC1. The van der Waals surface area contributed by atoms with E-state index < -0.39 is 5.97 Å². The maximum absolute atomic E-state index is 10.5. The molecule has 1 saturated carbocycles. The molecule has 1 aliphatic rings. The van der Waals surface area contributed by atoms with Gasteiger partial charge in [-0.25, -0.2) is 4.79 Å². The molecule has 1 fully saturated rings. The molecule has 0 radical (unpaired) electrons. The summed E-state index contributed by atoms with van der Waals surface area (Å²) in [5.41, 5.74) is 5.03. The molecule has 1 aliphatic carbocycles. The van der Waals surface area contributed by atoms with Crippen molar-refractivity contribution in [2.24, 2.45) is 5.73 Å². The second-order valence-corrected chi connectivity index (χ2v) is 2.13. The molecule has 0 aromatic carbocycles. The smallest absolute Gasteiger partial charge is 0.353 e. The van der Waals surface area contributed by atoms with E-state index in [1.165, 1.54) is 0 Å². The standard InChI is InChI=1S/C6H9NO2/c1-4(7)6(8)9-5-2-3-5/h5H,1-3,7H2. The summed E-state index contributed by atoms with van der Waals surface area (Å²) >= 11 is 0. The Morgan fingerprint density at radius 2 is 2.22 bits per heavy atom. The normalized spacial score (nSPS) is 16.9. The summed E-state index contributed by atoms with van der Waals surface area (Å²) in [6.45, 7) is 3.24. The summed E-state index contributed by atoms with van der Waals surface area (Å²) in [6, 6.07) is 0. The molecule has 0 atom stereocenters. The van der Waals surface area contributed by atoms with Crippen molar-refractivity contribution in [2.75, 3.05) is 0 Å². The molecule has 3 heteroatoms. The number of hydrogen-bond donors (Lipinski definition) is 1. The first-order valence-electron chi connectivity index (χ1n) is 2.85. The molecular weight excluding hydrogens is 118 g/mol. The van der Waals surface area contributed by atoms with Crippen LogP contribution in [-0.2, 0) is 9.53 Å². The number of rotatable bonds is 2. The average molecular weight is 127 g/mol. The third-order valence-corrected chi connectivity index (χ3v) is 1.06. The number of nitrogens with two attached hydrogens (primary N) is 1. The molecule has 3 nitrogen and oxygen atoms in total. The van der Waals surface area contributed by atoms with E-state index in [-0.39, 0.29) is 11.8 Å². The van der Waals surface area contributed by atoms with Crippen molar-refractivity contribution < 1.29 is 9.53 Å². The maximum atomic E-state index is 10.5. The van der Waals surface area contributed by atoms with E-state index in [2.05, 4.69) is 6.58 Å². The molecule has 0 spiro atoms. The Morgan fingerprint density at radius 3 is 2.56 bits per heavy atom. The molecule has 0 bridgehead atoms. The number of carbonyl (C=O) groups excluding carboxylic acids is 1. The minimum absolute atomic E-state index is 0.0121. The third-order valence-electron chi connectivity index (χ3n) is 1.06. The zero-order valence-corrected chi connectivity index (χ0v) is 5.09. The fourth-order valence-corrected chi connectivity index (χ4v) is 0.413. The van der Waals surface area contributed by atoms with Crippen LogP contribution in [0.15, 0.2) is 12.3 Å². The van der Waals surface area contributed by atoms with Crippen LogP contribution in [0, 0.1) is 0 Å². The summed E-state index contributed by atoms with van der Waals surface area (Å²) in [5.74, 6) is -0.475. The first-order valence-corrected chi connectivity index (χ1v) is 2.85. The van der Waals surface area contributed by atoms with Gasteiger partial charge >= 0.3 is 5.97 Å². The number of ether oxygens (including phenoxy) is 1. The fraction of sp³-hybridized carbons (Fsp3) is 0.500. The van der Waals surface area contributed by atoms with Gasteiger partial charge in [0.05, 0.1) is 0 Å². The van der Waals surface area contributed by atoms with Crippen molar-refractivity contribution in [3.8, 4) is 0 Å². The van der Waals surface area contributed by atoms with Gasteiger partial charge in [0.25, 0.3) is 0 Å². The number of hydrogen-bond acceptors (Lipinski definition) is 3. The molecule has 9 heavy (non-hydrogen) atoms. The highest BCUT2D eigenvalue weighted by Gasteiger charge is 2.26. The van der Waals surface area contributed by atoms with E-state index in [1.54, 1.807) is 0 Å². The topological polar surface area (TPSA) is 52.3 Å². The van der Waals surface area contributed by atoms with Gasteiger partial charge < -0.3 is 10.5 Å². The zero-order chi connectivity index (χ0) is 6.85. The van der Waals surface area contributed by atoms with E-state index in [1.807, 2.05) is 0 Å². The van der Waals surface area contributed by atoms with E-state index in [0.29, 0.717) is 0 Å². The quantitative estimate of drug-likeness (QED) is 0.424. The summed E-state index contributed by atoms with van der Waals surface area (Å²) < 4.78 is 4.76. The Labute approximate surface area is 53.5 Å². The van der Waals surface area contributed by atoms with Gasteiger partial charge in [-0.05, 0) is 12.8 Å². The number of carbonyl (C=O) groups is 1. The first-order chi connectivity index (χ1) is 4.20. The van der Waals surface area contributed by atoms with Gasteiger partial charge in [-0.2, -0.15) is 0 Å². The molecule has 0 aromatic heterocycles. The molecule has 2 N–H and O–H groups in total. The van der Waals surface area contributed by atoms with Gasteiger partial charge in [0.2, 0.25) is 0 Å². The van der Waals surface area contributed by atoms with Crippen molar-refractivity contribution in [1.82, 2.24) is 0 Å². The summed E-state index contributed by atoms with van der Waals surface area (Å²) in [6.07, 6.45) is 2.07. The lowest BCUT2D eigenvalue weighted by Gasteiger charge is -1.98. The van der Waals surface area contributed by atoms with Crippen LogP contribution in [0.4, 0.5) is 0 Å². The van der Waals surface area contributed by atoms with E-state index in [4.69, 9.17) is 10.5 Å². The molecule has 0 amide bonds. The fourth-order valence-electron chi connectivity index (χ4n) is 0.413. The minimum atomic E-state index is -0.475. The molecule has 50 valence electrons. The largest absolute Gasteiger partial charge is 0.458 e. The Morgan fingerprint density at radius 1 is 1.67 bits per heavy atom. The molecule has 0 aromatic rings. The van der Waals surface area contributed by atoms with Crippen molar-refractivity contribution in [2.45, 2.75) is 18.9 Å².